The highest BCUT2D eigenvalue weighted by molar-refractivity contribution is 5.30. The topological polar surface area (TPSA) is 9.23 Å². The number of halogens is 1. The van der Waals surface area contributed by atoms with Crippen LogP contribution in [0.5, 0.6) is 5.75 Å². The van der Waals surface area contributed by atoms with Crippen molar-refractivity contribution in [3.8, 4) is 5.75 Å². The standard InChI is InChI=1S/C14H21FO/c1-5-11(4)8-12-6-7-13(15)14(9-12)16-10(2)3/h6-7,9-11H,5,8H2,1-4H3. The second-order valence-corrected chi connectivity index (χ2v) is 4.65. The van der Waals surface area contributed by atoms with Gasteiger partial charge in [-0.1, -0.05) is 26.3 Å². The van der Waals surface area contributed by atoms with Gasteiger partial charge in [-0.25, -0.2) is 4.39 Å². The molecule has 0 spiro atoms. The first kappa shape index (κ1) is 13.0. The van der Waals surface area contributed by atoms with Crippen molar-refractivity contribution >= 4 is 0 Å². The van der Waals surface area contributed by atoms with E-state index in [-0.39, 0.29) is 11.9 Å². The normalized spacial score (nSPS) is 12.9. The van der Waals surface area contributed by atoms with Gasteiger partial charge in [-0.05, 0) is 43.9 Å². The molecule has 0 amide bonds. The van der Waals surface area contributed by atoms with E-state index < -0.39 is 0 Å². The summed E-state index contributed by atoms with van der Waals surface area (Å²) in [5, 5.41) is 0. The van der Waals surface area contributed by atoms with Gasteiger partial charge in [0, 0.05) is 0 Å². The Morgan fingerprint density at radius 1 is 1.25 bits per heavy atom. The van der Waals surface area contributed by atoms with E-state index >= 15 is 0 Å². The summed E-state index contributed by atoms with van der Waals surface area (Å²) in [5.74, 6) is 0.717. The molecule has 1 rings (SSSR count). The molecule has 0 heterocycles. The van der Waals surface area contributed by atoms with Crippen molar-refractivity contribution in [1.29, 1.82) is 0 Å². The summed E-state index contributed by atoms with van der Waals surface area (Å²) in [4.78, 5) is 0. The maximum atomic E-state index is 13.4. The third-order valence-electron chi connectivity index (χ3n) is 2.64. The molecule has 0 saturated carbocycles. The maximum absolute atomic E-state index is 13.4. The lowest BCUT2D eigenvalue weighted by atomic mass is 9.99. The van der Waals surface area contributed by atoms with Crippen molar-refractivity contribution in [3.05, 3.63) is 29.6 Å². The largest absolute Gasteiger partial charge is 0.488 e. The van der Waals surface area contributed by atoms with Gasteiger partial charge in [0.2, 0.25) is 0 Å². The van der Waals surface area contributed by atoms with E-state index in [4.69, 9.17) is 4.74 Å². The summed E-state index contributed by atoms with van der Waals surface area (Å²) in [7, 11) is 0. The Morgan fingerprint density at radius 3 is 2.50 bits per heavy atom. The van der Waals surface area contributed by atoms with Crippen LogP contribution in [0.1, 0.15) is 39.7 Å². The van der Waals surface area contributed by atoms with E-state index in [0.29, 0.717) is 11.7 Å². The number of ether oxygens (including phenoxy) is 1. The first-order valence-electron chi connectivity index (χ1n) is 5.98. The molecule has 1 aromatic carbocycles. The number of rotatable bonds is 5. The third-order valence-corrected chi connectivity index (χ3v) is 2.64. The lowest BCUT2D eigenvalue weighted by Gasteiger charge is -2.13. The Labute approximate surface area is 97.6 Å². The number of hydrogen-bond acceptors (Lipinski definition) is 1. The molecule has 0 bridgehead atoms. The van der Waals surface area contributed by atoms with E-state index in [1.165, 1.54) is 6.07 Å². The number of hydrogen-bond donors (Lipinski definition) is 0. The minimum Gasteiger partial charge on any atom is -0.488 e. The Hall–Kier alpha value is -1.05. The van der Waals surface area contributed by atoms with Crippen LogP contribution >= 0.6 is 0 Å². The molecule has 2 heteroatoms. The zero-order valence-electron chi connectivity index (χ0n) is 10.6. The fourth-order valence-electron chi connectivity index (χ4n) is 1.57. The van der Waals surface area contributed by atoms with Crippen molar-refractivity contribution < 1.29 is 9.13 Å². The summed E-state index contributed by atoms with van der Waals surface area (Å²) < 4.78 is 18.9. The molecule has 0 fully saturated rings. The van der Waals surface area contributed by atoms with Gasteiger partial charge in [0.15, 0.2) is 11.6 Å². The van der Waals surface area contributed by atoms with Crippen LogP contribution in [-0.2, 0) is 6.42 Å². The molecular weight excluding hydrogens is 203 g/mol. The van der Waals surface area contributed by atoms with Gasteiger partial charge in [0.25, 0.3) is 0 Å². The summed E-state index contributed by atoms with van der Waals surface area (Å²) in [5.41, 5.74) is 1.14. The molecule has 0 N–H and O–H groups in total. The van der Waals surface area contributed by atoms with Crippen molar-refractivity contribution in [3.63, 3.8) is 0 Å². The second-order valence-electron chi connectivity index (χ2n) is 4.65. The number of benzene rings is 1. The molecule has 0 saturated heterocycles. The Bertz CT molecular complexity index is 334. The van der Waals surface area contributed by atoms with Crippen molar-refractivity contribution in [2.24, 2.45) is 5.92 Å². The molecule has 1 aromatic rings. The van der Waals surface area contributed by atoms with Gasteiger partial charge in [0.05, 0.1) is 6.10 Å². The first-order valence-corrected chi connectivity index (χ1v) is 5.98. The molecule has 0 aromatic heterocycles. The molecule has 0 aliphatic heterocycles. The average molecular weight is 224 g/mol. The molecule has 90 valence electrons. The van der Waals surface area contributed by atoms with E-state index in [9.17, 15) is 4.39 Å². The highest BCUT2D eigenvalue weighted by Gasteiger charge is 2.08. The van der Waals surface area contributed by atoms with Crippen LogP contribution in [0.15, 0.2) is 18.2 Å². The first-order chi connectivity index (χ1) is 7.52. The molecule has 16 heavy (non-hydrogen) atoms. The van der Waals surface area contributed by atoms with E-state index in [1.54, 1.807) is 0 Å². The average Bonchev–Trinajstić information content (AvgIpc) is 2.22. The zero-order valence-corrected chi connectivity index (χ0v) is 10.6. The highest BCUT2D eigenvalue weighted by Crippen LogP contribution is 2.22. The van der Waals surface area contributed by atoms with Crippen LogP contribution in [0.4, 0.5) is 4.39 Å². The van der Waals surface area contributed by atoms with Gasteiger partial charge in [-0.2, -0.15) is 0 Å². The van der Waals surface area contributed by atoms with Crippen LogP contribution in [0.25, 0.3) is 0 Å². The van der Waals surface area contributed by atoms with Crippen LogP contribution < -0.4 is 4.74 Å². The molecule has 1 nitrogen and oxygen atoms in total. The lowest BCUT2D eigenvalue weighted by Crippen LogP contribution is -2.07. The van der Waals surface area contributed by atoms with E-state index in [2.05, 4.69) is 13.8 Å². The van der Waals surface area contributed by atoms with Crippen molar-refractivity contribution in [1.82, 2.24) is 0 Å². The molecular formula is C14H21FO. The molecule has 1 unspecified atom stereocenters. The van der Waals surface area contributed by atoms with E-state index in [0.717, 1.165) is 18.4 Å². The highest BCUT2D eigenvalue weighted by atomic mass is 19.1. The second kappa shape index (κ2) is 5.88. The Kier molecular flexibility index (Phi) is 4.78. The minimum atomic E-state index is -0.276. The van der Waals surface area contributed by atoms with Gasteiger partial charge in [-0.15, -0.1) is 0 Å². The fourth-order valence-corrected chi connectivity index (χ4v) is 1.57. The summed E-state index contributed by atoms with van der Waals surface area (Å²) in [6, 6.07) is 5.16. The van der Waals surface area contributed by atoms with Crippen LogP contribution in [0.2, 0.25) is 0 Å². The summed E-state index contributed by atoms with van der Waals surface area (Å²) >= 11 is 0. The van der Waals surface area contributed by atoms with Crippen molar-refractivity contribution in [2.45, 2.75) is 46.6 Å². The van der Waals surface area contributed by atoms with E-state index in [1.807, 2.05) is 26.0 Å². The quantitative estimate of drug-likeness (QED) is 0.728. The van der Waals surface area contributed by atoms with Crippen LogP contribution in [0.3, 0.4) is 0 Å². The predicted octanol–water partition coefficient (Wildman–Crippen LogP) is 4.20. The molecule has 0 radical (unpaired) electrons. The lowest BCUT2D eigenvalue weighted by molar-refractivity contribution is 0.231. The minimum absolute atomic E-state index is 0.00773. The third kappa shape index (κ3) is 3.84. The maximum Gasteiger partial charge on any atom is 0.165 e. The Balaban J connectivity index is 2.80. The van der Waals surface area contributed by atoms with Gasteiger partial charge >= 0.3 is 0 Å². The molecule has 0 aliphatic carbocycles. The Morgan fingerprint density at radius 2 is 1.94 bits per heavy atom. The molecule has 1 atom stereocenters. The van der Waals surface area contributed by atoms with Gasteiger partial charge in [-0.3, -0.25) is 0 Å². The van der Waals surface area contributed by atoms with Crippen molar-refractivity contribution in [2.75, 3.05) is 0 Å². The monoisotopic (exact) mass is 224 g/mol. The summed E-state index contributed by atoms with van der Waals surface area (Å²) in [6.45, 7) is 8.17. The molecule has 0 aliphatic rings. The predicted molar refractivity (Wildman–Crippen MR) is 65.3 cm³/mol. The van der Waals surface area contributed by atoms with Crippen LogP contribution in [-0.4, -0.2) is 6.10 Å². The van der Waals surface area contributed by atoms with Gasteiger partial charge in [0.1, 0.15) is 0 Å². The SMILES string of the molecule is CCC(C)Cc1ccc(F)c(OC(C)C)c1. The fraction of sp³-hybridized carbons (Fsp3) is 0.571. The zero-order chi connectivity index (χ0) is 12.1. The van der Waals surface area contributed by atoms with Gasteiger partial charge < -0.3 is 4.74 Å². The smallest absolute Gasteiger partial charge is 0.165 e. The van der Waals surface area contributed by atoms with Crippen LogP contribution in [0, 0.1) is 11.7 Å². The summed E-state index contributed by atoms with van der Waals surface area (Å²) in [6.07, 6.45) is 2.12.